The van der Waals surface area contributed by atoms with Crippen molar-refractivity contribution >= 4 is 11.6 Å². The predicted octanol–water partition coefficient (Wildman–Crippen LogP) is 2.36. The zero-order chi connectivity index (χ0) is 12.1. The van der Waals surface area contributed by atoms with Gasteiger partial charge >= 0.3 is 0 Å². The Morgan fingerprint density at radius 3 is 3.00 bits per heavy atom. The minimum atomic E-state index is 0.642. The molecule has 90 valence electrons. The average molecular weight is 252 g/mol. The lowest BCUT2D eigenvalue weighted by Crippen LogP contribution is -2.14. The van der Waals surface area contributed by atoms with Crippen molar-refractivity contribution < 1.29 is 4.74 Å². The molecule has 17 heavy (non-hydrogen) atoms. The fraction of sp³-hybridized carbons (Fsp3) is 0.250. The number of aromatic amines is 1. The van der Waals surface area contributed by atoms with Crippen LogP contribution in [0.3, 0.4) is 0 Å². The van der Waals surface area contributed by atoms with E-state index in [0.717, 1.165) is 17.1 Å². The smallest absolute Gasteiger partial charge is 0.124 e. The van der Waals surface area contributed by atoms with E-state index in [1.807, 2.05) is 18.2 Å². The lowest BCUT2D eigenvalue weighted by Gasteiger charge is -2.10. The molecule has 0 bridgehead atoms. The largest absolute Gasteiger partial charge is 0.496 e. The second-order valence-corrected chi connectivity index (χ2v) is 3.97. The first-order valence-corrected chi connectivity index (χ1v) is 5.69. The van der Waals surface area contributed by atoms with E-state index in [1.165, 1.54) is 0 Å². The van der Waals surface area contributed by atoms with Gasteiger partial charge in [0.2, 0.25) is 0 Å². The first-order valence-electron chi connectivity index (χ1n) is 5.31. The summed E-state index contributed by atoms with van der Waals surface area (Å²) in [5, 5.41) is 3.97. The number of methoxy groups -OCH3 is 1. The van der Waals surface area contributed by atoms with Gasteiger partial charge in [-0.15, -0.1) is 0 Å². The number of H-pyrrole nitrogens is 1. The van der Waals surface area contributed by atoms with Crippen LogP contribution in [0.1, 0.15) is 11.4 Å². The number of aromatic nitrogens is 2. The fourth-order valence-electron chi connectivity index (χ4n) is 1.60. The summed E-state index contributed by atoms with van der Waals surface area (Å²) < 4.78 is 5.27. The number of hydrogen-bond donors (Lipinski definition) is 2. The Morgan fingerprint density at radius 1 is 1.41 bits per heavy atom. The van der Waals surface area contributed by atoms with E-state index in [-0.39, 0.29) is 0 Å². The van der Waals surface area contributed by atoms with Crippen LogP contribution in [-0.2, 0) is 13.1 Å². The maximum Gasteiger partial charge on any atom is 0.124 e. The molecule has 2 N–H and O–H groups in total. The molecule has 0 fully saturated rings. The molecule has 0 unspecified atom stereocenters. The number of hydrogen-bond acceptors (Lipinski definition) is 3. The van der Waals surface area contributed by atoms with Crippen LogP contribution in [0.4, 0.5) is 0 Å². The number of halogens is 1. The van der Waals surface area contributed by atoms with Gasteiger partial charge in [0, 0.05) is 29.5 Å². The number of nitrogens with one attached hydrogen (secondary N) is 2. The standard InChI is InChI=1S/C12H14ClN3O/c1-17-11-4-2-3-10(13)9(11)7-14-8-12-15-5-6-16-12/h2-6,14H,7-8H2,1H3,(H,15,16). The van der Waals surface area contributed by atoms with Crippen LogP contribution in [0.25, 0.3) is 0 Å². The van der Waals surface area contributed by atoms with Gasteiger partial charge in [0.25, 0.3) is 0 Å². The van der Waals surface area contributed by atoms with Gasteiger partial charge < -0.3 is 15.0 Å². The third-order valence-corrected chi connectivity index (χ3v) is 2.80. The minimum Gasteiger partial charge on any atom is -0.496 e. The highest BCUT2D eigenvalue weighted by Crippen LogP contribution is 2.25. The minimum absolute atomic E-state index is 0.642. The number of ether oxygens (including phenoxy) is 1. The number of rotatable bonds is 5. The summed E-state index contributed by atoms with van der Waals surface area (Å²) in [5.41, 5.74) is 0.961. The Balaban J connectivity index is 1.98. The molecule has 1 aromatic heterocycles. The molecule has 0 aliphatic rings. The van der Waals surface area contributed by atoms with Crippen molar-refractivity contribution in [3.63, 3.8) is 0 Å². The van der Waals surface area contributed by atoms with E-state index in [1.54, 1.807) is 19.5 Å². The second kappa shape index (κ2) is 5.70. The van der Waals surface area contributed by atoms with Crippen LogP contribution >= 0.6 is 11.6 Å². The highest BCUT2D eigenvalue weighted by atomic mass is 35.5. The van der Waals surface area contributed by atoms with Gasteiger partial charge in [-0.05, 0) is 12.1 Å². The lowest BCUT2D eigenvalue weighted by molar-refractivity contribution is 0.407. The molecule has 0 radical (unpaired) electrons. The lowest BCUT2D eigenvalue weighted by atomic mass is 10.2. The van der Waals surface area contributed by atoms with Crippen molar-refractivity contribution in [2.24, 2.45) is 0 Å². The SMILES string of the molecule is COc1cccc(Cl)c1CNCc1ncc[nH]1. The molecule has 2 aromatic rings. The van der Waals surface area contributed by atoms with Crippen LogP contribution in [0, 0.1) is 0 Å². The number of imidazole rings is 1. The molecular formula is C12H14ClN3O. The van der Waals surface area contributed by atoms with Crippen molar-refractivity contribution in [1.82, 2.24) is 15.3 Å². The van der Waals surface area contributed by atoms with Crippen molar-refractivity contribution in [3.05, 3.63) is 47.0 Å². The van der Waals surface area contributed by atoms with Crippen LogP contribution in [0.15, 0.2) is 30.6 Å². The highest BCUT2D eigenvalue weighted by molar-refractivity contribution is 6.31. The van der Waals surface area contributed by atoms with Crippen molar-refractivity contribution in [2.75, 3.05) is 7.11 Å². The zero-order valence-electron chi connectivity index (χ0n) is 9.53. The Morgan fingerprint density at radius 2 is 2.29 bits per heavy atom. The Labute approximate surface area is 105 Å². The molecule has 0 saturated heterocycles. The van der Waals surface area contributed by atoms with Gasteiger partial charge in [-0.2, -0.15) is 0 Å². The van der Waals surface area contributed by atoms with E-state index in [4.69, 9.17) is 16.3 Å². The molecule has 0 aliphatic carbocycles. The van der Waals surface area contributed by atoms with Crippen LogP contribution in [0.5, 0.6) is 5.75 Å². The van der Waals surface area contributed by atoms with Crippen LogP contribution in [-0.4, -0.2) is 17.1 Å². The summed E-state index contributed by atoms with van der Waals surface area (Å²) in [6.45, 7) is 1.31. The van der Waals surface area contributed by atoms with Gasteiger partial charge in [0.05, 0.1) is 13.7 Å². The Bertz CT molecular complexity index is 471. The molecule has 0 saturated carbocycles. The van der Waals surface area contributed by atoms with Crippen molar-refractivity contribution in [2.45, 2.75) is 13.1 Å². The second-order valence-electron chi connectivity index (χ2n) is 3.56. The van der Waals surface area contributed by atoms with Crippen molar-refractivity contribution in [1.29, 1.82) is 0 Å². The highest BCUT2D eigenvalue weighted by Gasteiger charge is 2.06. The molecule has 0 amide bonds. The molecule has 0 spiro atoms. The molecular weight excluding hydrogens is 238 g/mol. The van der Waals surface area contributed by atoms with Crippen LogP contribution < -0.4 is 10.1 Å². The number of nitrogens with zero attached hydrogens (tertiary/aromatic N) is 1. The zero-order valence-corrected chi connectivity index (χ0v) is 10.3. The molecule has 5 heteroatoms. The molecule has 4 nitrogen and oxygen atoms in total. The summed E-state index contributed by atoms with van der Waals surface area (Å²) in [4.78, 5) is 7.16. The van der Waals surface area contributed by atoms with Gasteiger partial charge in [0.15, 0.2) is 0 Å². The van der Waals surface area contributed by atoms with E-state index in [2.05, 4.69) is 15.3 Å². The third-order valence-electron chi connectivity index (χ3n) is 2.44. The fourth-order valence-corrected chi connectivity index (χ4v) is 1.83. The quantitative estimate of drug-likeness (QED) is 0.858. The maximum absolute atomic E-state index is 6.13. The van der Waals surface area contributed by atoms with Gasteiger partial charge in [0.1, 0.15) is 11.6 Å². The van der Waals surface area contributed by atoms with Gasteiger partial charge in [-0.25, -0.2) is 4.98 Å². The average Bonchev–Trinajstić information content (AvgIpc) is 2.84. The summed E-state index contributed by atoms with van der Waals surface area (Å²) in [6, 6.07) is 5.63. The Kier molecular flexibility index (Phi) is 4.01. The summed E-state index contributed by atoms with van der Waals surface area (Å²) in [6.07, 6.45) is 3.53. The normalized spacial score (nSPS) is 10.5. The molecule has 0 atom stereocenters. The van der Waals surface area contributed by atoms with Gasteiger partial charge in [-0.3, -0.25) is 0 Å². The first-order chi connectivity index (χ1) is 8.31. The van der Waals surface area contributed by atoms with E-state index >= 15 is 0 Å². The van der Waals surface area contributed by atoms with Crippen LogP contribution in [0.2, 0.25) is 5.02 Å². The molecule has 0 aliphatic heterocycles. The van der Waals surface area contributed by atoms with Gasteiger partial charge in [-0.1, -0.05) is 17.7 Å². The predicted molar refractivity (Wildman–Crippen MR) is 67.1 cm³/mol. The summed E-state index contributed by atoms with van der Waals surface area (Å²) >= 11 is 6.13. The topological polar surface area (TPSA) is 49.9 Å². The monoisotopic (exact) mass is 251 g/mol. The van der Waals surface area contributed by atoms with E-state index in [0.29, 0.717) is 18.1 Å². The Hall–Kier alpha value is -1.52. The summed E-state index contributed by atoms with van der Waals surface area (Å²) in [7, 11) is 1.64. The van der Waals surface area contributed by atoms with E-state index in [9.17, 15) is 0 Å². The molecule has 1 aromatic carbocycles. The van der Waals surface area contributed by atoms with Crippen molar-refractivity contribution in [3.8, 4) is 5.75 Å². The molecule has 2 rings (SSSR count). The first kappa shape index (κ1) is 12.0. The third kappa shape index (κ3) is 2.99. The number of benzene rings is 1. The molecule has 1 heterocycles. The summed E-state index contributed by atoms with van der Waals surface area (Å²) in [5.74, 6) is 1.69. The van der Waals surface area contributed by atoms with E-state index < -0.39 is 0 Å². The maximum atomic E-state index is 6.13.